The highest BCUT2D eigenvalue weighted by Crippen LogP contribution is 2.30. The predicted molar refractivity (Wildman–Crippen MR) is 113 cm³/mol. The summed E-state index contributed by atoms with van der Waals surface area (Å²) in [6, 6.07) is 12.0. The molecule has 1 aliphatic carbocycles. The lowest BCUT2D eigenvalue weighted by Crippen LogP contribution is -2.23. The molecule has 0 unspecified atom stereocenters. The van der Waals surface area contributed by atoms with E-state index in [1.54, 1.807) is 11.8 Å². The standard InChI is InChI=1S/C21H23N5O2S/c1-13-7-10-19(28-3)18(11-13)26-21(23-24-25-26)29-14(2)20(27)22-17-9-8-15-5-4-6-16(15)12-17/h7-12,14H,4-6H2,1-3H3,(H,22,27)/t14-/m0/s1. The van der Waals surface area contributed by atoms with E-state index in [-0.39, 0.29) is 11.2 Å². The third-order valence-corrected chi connectivity index (χ3v) is 6.05. The number of aryl methyl sites for hydroxylation is 3. The van der Waals surface area contributed by atoms with Crippen LogP contribution in [0.25, 0.3) is 5.69 Å². The van der Waals surface area contributed by atoms with Crippen molar-refractivity contribution in [2.24, 2.45) is 0 Å². The lowest BCUT2D eigenvalue weighted by molar-refractivity contribution is -0.115. The maximum absolute atomic E-state index is 12.7. The number of carbonyl (C=O) groups excluding carboxylic acids is 1. The number of anilines is 1. The number of fused-ring (bicyclic) bond motifs is 1. The highest BCUT2D eigenvalue weighted by molar-refractivity contribution is 8.00. The Balaban J connectivity index is 1.49. The lowest BCUT2D eigenvalue weighted by atomic mass is 10.1. The fourth-order valence-corrected chi connectivity index (χ4v) is 4.27. The molecule has 4 rings (SSSR count). The van der Waals surface area contributed by atoms with Crippen molar-refractivity contribution in [1.29, 1.82) is 0 Å². The van der Waals surface area contributed by atoms with Gasteiger partial charge >= 0.3 is 0 Å². The monoisotopic (exact) mass is 409 g/mol. The first kappa shape index (κ1) is 19.4. The van der Waals surface area contributed by atoms with Crippen LogP contribution in [0.3, 0.4) is 0 Å². The van der Waals surface area contributed by atoms with E-state index in [9.17, 15) is 4.79 Å². The SMILES string of the molecule is COc1ccc(C)cc1-n1nnnc1S[C@@H](C)C(=O)Nc1ccc2c(c1)CCC2. The maximum atomic E-state index is 12.7. The summed E-state index contributed by atoms with van der Waals surface area (Å²) in [4.78, 5) is 12.7. The predicted octanol–water partition coefficient (Wildman–Crippen LogP) is 3.59. The highest BCUT2D eigenvalue weighted by Gasteiger charge is 2.21. The Labute approximate surface area is 173 Å². The van der Waals surface area contributed by atoms with E-state index < -0.39 is 0 Å². The first-order valence-corrected chi connectivity index (χ1v) is 10.5. The molecule has 29 heavy (non-hydrogen) atoms. The summed E-state index contributed by atoms with van der Waals surface area (Å²) in [5, 5.41) is 15.2. The van der Waals surface area contributed by atoms with Crippen molar-refractivity contribution in [3.63, 3.8) is 0 Å². The molecule has 150 valence electrons. The van der Waals surface area contributed by atoms with Gasteiger partial charge in [0.15, 0.2) is 0 Å². The van der Waals surface area contributed by atoms with Crippen LogP contribution in [0.4, 0.5) is 5.69 Å². The van der Waals surface area contributed by atoms with Gasteiger partial charge in [0.25, 0.3) is 0 Å². The van der Waals surface area contributed by atoms with Gasteiger partial charge in [-0.05, 0) is 84.5 Å². The normalized spacial score (nSPS) is 13.8. The molecule has 0 bridgehead atoms. The van der Waals surface area contributed by atoms with Gasteiger partial charge in [-0.25, -0.2) is 0 Å². The van der Waals surface area contributed by atoms with E-state index in [4.69, 9.17) is 4.74 Å². The number of hydrogen-bond acceptors (Lipinski definition) is 6. The van der Waals surface area contributed by atoms with E-state index >= 15 is 0 Å². The van der Waals surface area contributed by atoms with Crippen molar-refractivity contribution >= 4 is 23.4 Å². The molecule has 1 atom stereocenters. The number of methoxy groups -OCH3 is 1. The number of nitrogens with zero attached hydrogens (tertiary/aromatic N) is 4. The third-order valence-electron chi connectivity index (χ3n) is 5.02. The van der Waals surface area contributed by atoms with Gasteiger partial charge in [-0.2, -0.15) is 4.68 Å². The Morgan fingerprint density at radius 2 is 2.03 bits per heavy atom. The zero-order valence-electron chi connectivity index (χ0n) is 16.7. The van der Waals surface area contributed by atoms with Gasteiger partial charge in [-0.3, -0.25) is 4.79 Å². The second-order valence-electron chi connectivity index (χ2n) is 7.13. The average molecular weight is 410 g/mol. The summed E-state index contributed by atoms with van der Waals surface area (Å²) >= 11 is 1.31. The van der Waals surface area contributed by atoms with Crippen LogP contribution >= 0.6 is 11.8 Å². The minimum absolute atomic E-state index is 0.0845. The van der Waals surface area contributed by atoms with Gasteiger partial charge in [-0.15, -0.1) is 5.10 Å². The van der Waals surface area contributed by atoms with Crippen LogP contribution in [-0.2, 0) is 17.6 Å². The molecule has 1 heterocycles. The summed E-state index contributed by atoms with van der Waals surface area (Å²) in [5.74, 6) is 0.582. The fourth-order valence-electron chi connectivity index (χ4n) is 3.47. The minimum atomic E-state index is -0.371. The molecule has 2 aromatic carbocycles. The Morgan fingerprint density at radius 1 is 1.21 bits per heavy atom. The molecule has 0 spiro atoms. The van der Waals surface area contributed by atoms with Crippen molar-refractivity contribution in [3.05, 3.63) is 53.1 Å². The maximum Gasteiger partial charge on any atom is 0.237 e. The number of amides is 1. The minimum Gasteiger partial charge on any atom is -0.494 e. The number of thioether (sulfide) groups is 1. The summed E-state index contributed by atoms with van der Waals surface area (Å²) in [7, 11) is 1.61. The van der Waals surface area contributed by atoms with Crippen LogP contribution in [0.2, 0.25) is 0 Å². The molecular formula is C21H23N5O2S. The molecule has 1 aromatic heterocycles. The number of benzene rings is 2. The number of ether oxygens (including phenoxy) is 1. The van der Waals surface area contributed by atoms with Crippen LogP contribution in [0, 0.1) is 6.92 Å². The zero-order valence-corrected chi connectivity index (χ0v) is 17.5. The highest BCUT2D eigenvalue weighted by atomic mass is 32.2. The second kappa shape index (κ2) is 8.24. The van der Waals surface area contributed by atoms with Crippen LogP contribution < -0.4 is 10.1 Å². The third kappa shape index (κ3) is 4.12. The average Bonchev–Trinajstić information content (AvgIpc) is 3.36. The lowest BCUT2D eigenvalue weighted by Gasteiger charge is -2.14. The van der Waals surface area contributed by atoms with E-state index in [0.717, 1.165) is 29.8 Å². The number of aromatic nitrogens is 4. The molecule has 1 aliphatic rings. The molecule has 8 heteroatoms. The van der Waals surface area contributed by atoms with Gasteiger partial charge in [-0.1, -0.05) is 23.9 Å². The molecule has 0 saturated carbocycles. The van der Waals surface area contributed by atoms with Gasteiger partial charge in [0, 0.05) is 5.69 Å². The quantitative estimate of drug-likeness (QED) is 0.627. The smallest absolute Gasteiger partial charge is 0.237 e. The Bertz CT molecular complexity index is 1050. The summed E-state index contributed by atoms with van der Waals surface area (Å²) < 4.78 is 7.05. The molecule has 3 aromatic rings. The topological polar surface area (TPSA) is 81.9 Å². The molecule has 0 aliphatic heterocycles. The molecule has 0 fully saturated rings. The second-order valence-corrected chi connectivity index (χ2v) is 8.44. The van der Waals surface area contributed by atoms with E-state index in [1.807, 2.05) is 38.1 Å². The first-order valence-electron chi connectivity index (χ1n) is 9.58. The number of tetrazole rings is 1. The molecule has 1 N–H and O–H groups in total. The Kier molecular flexibility index (Phi) is 5.53. The summed E-state index contributed by atoms with van der Waals surface area (Å²) in [6.07, 6.45) is 3.39. The molecule has 7 nitrogen and oxygen atoms in total. The van der Waals surface area contributed by atoms with Crippen LogP contribution in [0.1, 0.15) is 30.0 Å². The fraction of sp³-hybridized carbons (Fsp3) is 0.333. The zero-order chi connectivity index (χ0) is 20.4. The van der Waals surface area contributed by atoms with Crippen molar-refractivity contribution in [2.75, 3.05) is 12.4 Å². The van der Waals surface area contributed by atoms with Gasteiger partial charge in [0.1, 0.15) is 11.4 Å². The largest absolute Gasteiger partial charge is 0.494 e. The number of hydrogen-bond donors (Lipinski definition) is 1. The van der Waals surface area contributed by atoms with Crippen molar-refractivity contribution in [3.8, 4) is 11.4 Å². The Hall–Kier alpha value is -2.87. The van der Waals surface area contributed by atoms with Gasteiger partial charge in [0.05, 0.1) is 12.4 Å². The number of nitrogens with one attached hydrogen (secondary N) is 1. The van der Waals surface area contributed by atoms with Crippen LogP contribution in [0.5, 0.6) is 5.75 Å². The number of rotatable bonds is 6. The van der Waals surface area contributed by atoms with Gasteiger partial charge in [0.2, 0.25) is 11.1 Å². The van der Waals surface area contributed by atoms with Crippen molar-refractivity contribution < 1.29 is 9.53 Å². The molecule has 0 saturated heterocycles. The van der Waals surface area contributed by atoms with Crippen molar-refractivity contribution in [1.82, 2.24) is 20.2 Å². The summed E-state index contributed by atoms with van der Waals surface area (Å²) in [5.41, 5.74) is 5.36. The Morgan fingerprint density at radius 3 is 2.86 bits per heavy atom. The molecule has 1 amide bonds. The van der Waals surface area contributed by atoms with Crippen LogP contribution in [0.15, 0.2) is 41.6 Å². The van der Waals surface area contributed by atoms with E-state index in [1.165, 1.54) is 29.3 Å². The van der Waals surface area contributed by atoms with Crippen molar-refractivity contribution in [2.45, 2.75) is 43.5 Å². The van der Waals surface area contributed by atoms with Crippen LogP contribution in [-0.4, -0.2) is 38.5 Å². The first-order chi connectivity index (χ1) is 14.0. The van der Waals surface area contributed by atoms with Gasteiger partial charge < -0.3 is 10.1 Å². The molecule has 0 radical (unpaired) electrons. The molecular weight excluding hydrogens is 386 g/mol. The number of carbonyl (C=O) groups is 1. The van der Waals surface area contributed by atoms with E-state index in [0.29, 0.717) is 10.9 Å². The van der Waals surface area contributed by atoms with E-state index in [2.05, 4.69) is 33.0 Å². The summed E-state index contributed by atoms with van der Waals surface area (Å²) in [6.45, 7) is 3.84.